The molecule has 3 N–H and O–H groups in total. The molecule has 1 atom stereocenters. The Labute approximate surface area is 166 Å². The molecule has 7 nitrogen and oxygen atoms in total. The van der Waals surface area contributed by atoms with Crippen LogP contribution in [0.15, 0.2) is 24.3 Å². The van der Waals surface area contributed by atoms with Crippen molar-refractivity contribution in [2.24, 2.45) is 5.73 Å². The van der Waals surface area contributed by atoms with Crippen molar-refractivity contribution < 1.29 is 0 Å². The maximum absolute atomic E-state index is 9.14. The Balaban J connectivity index is 1.63. The van der Waals surface area contributed by atoms with E-state index in [9.17, 15) is 0 Å². The molecule has 2 aromatic rings. The van der Waals surface area contributed by atoms with Crippen LogP contribution < -0.4 is 11.1 Å². The van der Waals surface area contributed by atoms with E-state index in [1.165, 1.54) is 19.3 Å². The maximum atomic E-state index is 9.14. The standard InChI is InChI=1S/C21H29N7/c22-14-15-6-8-16(9-7-15)20(24-18-12-10-17(23)11-13-18)21-25-26-27-28(21)19-4-2-1-3-5-19/h6-9,17-20,24H,1-5,10-13,23H2. The lowest BCUT2D eigenvalue weighted by Crippen LogP contribution is -2.40. The fourth-order valence-corrected chi connectivity index (χ4v) is 4.57. The molecule has 0 bridgehead atoms. The van der Waals surface area contributed by atoms with Crippen LogP contribution in [0, 0.1) is 11.3 Å². The van der Waals surface area contributed by atoms with Gasteiger partial charge in [0.15, 0.2) is 5.82 Å². The van der Waals surface area contributed by atoms with Gasteiger partial charge in [-0.3, -0.25) is 0 Å². The first-order valence-electron chi connectivity index (χ1n) is 10.5. The zero-order valence-electron chi connectivity index (χ0n) is 16.3. The molecule has 0 saturated heterocycles. The topological polar surface area (TPSA) is 105 Å². The Morgan fingerprint density at radius 1 is 1.04 bits per heavy atom. The Hall–Kier alpha value is -2.30. The predicted octanol–water partition coefficient (Wildman–Crippen LogP) is 3.00. The summed E-state index contributed by atoms with van der Waals surface area (Å²) in [4.78, 5) is 0. The molecule has 2 fully saturated rings. The van der Waals surface area contributed by atoms with E-state index in [0.717, 1.165) is 49.9 Å². The first-order chi connectivity index (χ1) is 13.7. The largest absolute Gasteiger partial charge is 0.328 e. The fourth-order valence-electron chi connectivity index (χ4n) is 4.57. The summed E-state index contributed by atoms with van der Waals surface area (Å²) >= 11 is 0. The molecule has 148 valence electrons. The zero-order valence-corrected chi connectivity index (χ0v) is 16.3. The molecule has 7 heteroatoms. The van der Waals surface area contributed by atoms with E-state index in [2.05, 4.69) is 26.9 Å². The van der Waals surface area contributed by atoms with Gasteiger partial charge in [-0.05, 0) is 66.6 Å². The minimum absolute atomic E-state index is 0.0796. The number of nitrogens with two attached hydrogens (primary N) is 1. The van der Waals surface area contributed by atoms with Gasteiger partial charge < -0.3 is 11.1 Å². The van der Waals surface area contributed by atoms with Gasteiger partial charge in [0.1, 0.15) is 0 Å². The summed E-state index contributed by atoms with van der Waals surface area (Å²) in [6.07, 6.45) is 10.3. The Morgan fingerprint density at radius 3 is 2.43 bits per heavy atom. The second-order valence-electron chi connectivity index (χ2n) is 8.22. The molecule has 2 aliphatic carbocycles. The molecule has 0 radical (unpaired) electrons. The Morgan fingerprint density at radius 2 is 1.75 bits per heavy atom. The number of hydrogen-bond acceptors (Lipinski definition) is 6. The summed E-state index contributed by atoms with van der Waals surface area (Å²) in [6, 6.07) is 11.0. The minimum atomic E-state index is -0.0796. The highest BCUT2D eigenvalue weighted by molar-refractivity contribution is 5.34. The van der Waals surface area contributed by atoms with Crippen molar-refractivity contribution in [2.75, 3.05) is 0 Å². The van der Waals surface area contributed by atoms with Crippen LogP contribution in [0.2, 0.25) is 0 Å². The first-order valence-corrected chi connectivity index (χ1v) is 10.5. The van der Waals surface area contributed by atoms with Crippen LogP contribution in [0.4, 0.5) is 0 Å². The lowest BCUT2D eigenvalue weighted by atomic mass is 9.90. The van der Waals surface area contributed by atoms with E-state index in [4.69, 9.17) is 11.0 Å². The lowest BCUT2D eigenvalue weighted by Gasteiger charge is -2.31. The van der Waals surface area contributed by atoms with Crippen LogP contribution in [-0.2, 0) is 0 Å². The van der Waals surface area contributed by atoms with Crippen molar-refractivity contribution in [3.63, 3.8) is 0 Å². The molecular formula is C21H29N7. The molecule has 4 rings (SSSR count). The minimum Gasteiger partial charge on any atom is -0.328 e. The summed E-state index contributed by atoms with van der Waals surface area (Å²) in [5, 5.41) is 25.8. The van der Waals surface area contributed by atoms with Crippen LogP contribution in [0.5, 0.6) is 0 Å². The van der Waals surface area contributed by atoms with Crippen LogP contribution in [0.1, 0.15) is 86.8 Å². The average molecular weight is 380 g/mol. The summed E-state index contributed by atoms with van der Waals surface area (Å²) in [6.45, 7) is 0. The highest BCUT2D eigenvalue weighted by Gasteiger charge is 2.29. The van der Waals surface area contributed by atoms with Crippen molar-refractivity contribution in [3.05, 3.63) is 41.2 Å². The van der Waals surface area contributed by atoms with Crippen molar-refractivity contribution in [1.29, 1.82) is 5.26 Å². The second kappa shape index (κ2) is 8.80. The number of rotatable bonds is 5. The molecule has 1 aromatic carbocycles. The van der Waals surface area contributed by atoms with E-state index < -0.39 is 0 Å². The predicted molar refractivity (Wildman–Crippen MR) is 106 cm³/mol. The van der Waals surface area contributed by atoms with Gasteiger partial charge in [-0.25, -0.2) is 4.68 Å². The lowest BCUT2D eigenvalue weighted by molar-refractivity contribution is 0.293. The quantitative estimate of drug-likeness (QED) is 0.827. The van der Waals surface area contributed by atoms with E-state index in [0.29, 0.717) is 23.7 Å². The van der Waals surface area contributed by atoms with Gasteiger partial charge in [0.05, 0.1) is 23.7 Å². The fraction of sp³-hybridized carbons (Fsp3) is 0.619. The Bertz CT molecular complexity index is 793. The maximum Gasteiger partial charge on any atom is 0.173 e. The molecule has 0 aliphatic heterocycles. The SMILES string of the molecule is N#Cc1ccc(C(NC2CCC(N)CC2)c2nnnn2C2CCCCC2)cc1. The van der Waals surface area contributed by atoms with Gasteiger partial charge >= 0.3 is 0 Å². The van der Waals surface area contributed by atoms with Gasteiger partial charge in [0.25, 0.3) is 0 Å². The van der Waals surface area contributed by atoms with Crippen LogP contribution in [-0.4, -0.2) is 32.3 Å². The van der Waals surface area contributed by atoms with Gasteiger partial charge in [-0.1, -0.05) is 31.4 Å². The summed E-state index contributed by atoms with van der Waals surface area (Å²) < 4.78 is 2.05. The molecule has 0 amide bonds. The van der Waals surface area contributed by atoms with Crippen LogP contribution in [0.3, 0.4) is 0 Å². The van der Waals surface area contributed by atoms with Gasteiger partial charge in [0.2, 0.25) is 0 Å². The normalized spacial score (nSPS) is 24.6. The first kappa shape index (κ1) is 19.0. The summed E-state index contributed by atoms with van der Waals surface area (Å²) in [5.41, 5.74) is 7.85. The van der Waals surface area contributed by atoms with Crippen LogP contribution in [0.25, 0.3) is 0 Å². The number of nitriles is 1. The molecule has 1 unspecified atom stereocenters. The van der Waals surface area contributed by atoms with Crippen molar-refractivity contribution >= 4 is 0 Å². The van der Waals surface area contributed by atoms with Gasteiger partial charge in [-0.2, -0.15) is 5.26 Å². The van der Waals surface area contributed by atoms with E-state index in [1.54, 1.807) is 0 Å². The number of nitrogens with zero attached hydrogens (tertiary/aromatic N) is 5. The monoisotopic (exact) mass is 379 g/mol. The van der Waals surface area contributed by atoms with E-state index in [-0.39, 0.29) is 6.04 Å². The third kappa shape index (κ3) is 4.23. The molecular weight excluding hydrogens is 350 g/mol. The number of aromatic nitrogens is 4. The number of benzene rings is 1. The third-order valence-corrected chi connectivity index (χ3v) is 6.24. The number of hydrogen-bond donors (Lipinski definition) is 2. The number of nitrogens with one attached hydrogen (secondary N) is 1. The molecule has 2 aliphatic rings. The molecule has 2 saturated carbocycles. The summed E-state index contributed by atoms with van der Waals surface area (Å²) in [5.74, 6) is 0.881. The van der Waals surface area contributed by atoms with Gasteiger partial charge in [0, 0.05) is 12.1 Å². The van der Waals surface area contributed by atoms with Gasteiger partial charge in [-0.15, -0.1) is 5.10 Å². The van der Waals surface area contributed by atoms with E-state index >= 15 is 0 Å². The molecule has 1 aromatic heterocycles. The van der Waals surface area contributed by atoms with Crippen LogP contribution >= 0.6 is 0 Å². The Kier molecular flexibility index (Phi) is 5.98. The van der Waals surface area contributed by atoms with E-state index in [1.807, 2.05) is 28.9 Å². The van der Waals surface area contributed by atoms with Crippen molar-refractivity contribution in [1.82, 2.24) is 25.5 Å². The van der Waals surface area contributed by atoms with Crippen molar-refractivity contribution in [3.8, 4) is 6.07 Å². The smallest absolute Gasteiger partial charge is 0.173 e. The number of tetrazole rings is 1. The molecule has 0 spiro atoms. The second-order valence-corrected chi connectivity index (χ2v) is 8.22. The highest BCUT2D eigenvalue weighted by Crippen LogP contribution is 2.31. The summed E-state index contributed by atoms with van der Waals surface area (Å²) in [7, 11) is 0. The molecule has 28 heavy (non-hydrogen) atoms. The third-order valence-electron chi connectivity index (χ3n) is 6.24. The highest BCUT2D eigenvalue weighted by atomic mass is 15.6. The molecule has 1 heterocycles. The van der Waals surface area contributed by atoms with Crippen molar-refractivity contribution in [2.45, 2.75) is 82.0 Å². The average Bonchev–Trinajstić information content (AvgIpc) is 3.24. The zero-order chi connectivity index (χ0) is 19.3.